The Balaban J connectivity index is 1.77. The molecule has 0 aromatic heterocycles. The van der Waals surface area contributed by atoms with Crippen LogP contribution in [0.15, 0.2) is 95.5 Å². The van der Waals surface area contributed by atoms with Gasteiger partial charge in [-0.2, -0.15) is 0 Å². The van der Waals surface area contributed by atoms with Gasteiger partial charge in [-0.15, -0.1) is 0 Å². The van der Waals surface area contributed by atoms with Gasteiger partial charge >= 0.3 is 138 Å². The van der Waals surface area contributed by atoms with Gasteiger partial charge < -0.3 is 0 Å². The molecule has 0 aliphatic rings. The maximum atomic E-state index is 4.61. The standard InChI is InChI=1S/C23H21N2SSe/c1-3-24-22-15-18(9-14-23(22)26-17(2)27)16-25-21-12-10-20(11-13-21)19-7-5-4-6-8-19/h3-17,24H,1H2,2H3. The number of thioether (sulfide) groups is 1. The molecule has 1 N–H and O–H groups in total. The van der Waals surface area contributed by atoms with Crippen molar-refractivity contribution < 1.29 is 0 Å². The number of rotatable bonds is 7. The second-order valence-corrected chi connectivity index (χ2v) is 9.50. The molecule has 0 saturated heterocycles. The number of hydrogen-bond donors (Lipinski definition) is 1. The van der Waals surface area contributed by atoms with Crippen LogP contribution < -0.4 is 5.32 Å². The Bertz CT molecular complexity index is 919. The van der Waals surface area contributed by atoms with Gasteiger partial charge in [0, 0.05) is 0 Å². The third-order valence-corrected chi connectivity index (χ3v) is 5.44. The van der Waals surface area contributed by atoms with Gasteiger partial charge in [0.25, 0.3) is 0 Å². The Morgan fingerprint density at radius 1 is 1.00 bits per heavy atom. The monoisotopic (exact) mass is 437 g/mol. The molecular weight excluding hydrogens is 415 g/mol. The summed E-state index contributed by atoms with van der Waals surface area (Å²) in [5.74, 6) is 0. The summed E-state index contributed by atoms with van der Waals surface area (Å²) in [6, 6.07) is 24.9. The van der Waals surface area contributed by atoms with E-state index in [1.165, 1.54) is 16.0 Å². The van der Waals surface area contributed by atoms with Crippen LogP contribution in [-0.2, 0) is 0 Å². The molecule has 3 aromatic carbocycles. The van der Waals surface area contributed by atoms with Gasteiger partial charge in [0.2, 0.25) is 0 Å². The topological polar surface area (TPSA) is 24.4 Å². The average Bonchev–Trinajstić information content (AvgIpc) is 2.69. The van der Waals surface area contributed by atoms with E-state index in [0.29, 0.717) is 4.15 Å². The Hall–Kier alpha value is -2.26. The summed E-state index contributed by atoms with van der Waals surface area (Å²) in [5, 5.41) is 3.21. The first kappa shape index (κ1) is 19.5. The molecule has 0 heterocycles. The number of aliphatic imine (C=N–C) groups is 1. The first-order valence-corrected chi connectivity index (χ1v) is 10.6. The summed E-state index contributed by atoms with van der Waals surface area (Å²) in [5.41, 5.74) is 5.43. The van der Waals surface area contributed by atoms with Gasteiger partial charge in [-0.25, -0.2) is 0 Å². The van der Waals surface area contributed by atoms with Crippen molar-refractivity contribution in [2.24, 2.45) is 4.99 Å². The molecule has 3 aromatic rings. The van der Waals surface area contributed by atoms with Crippen molar-refractivity contribution in [2.75, 3.05) is 5.32 Å². The minimum atomic E-state index is 0.401. The molecular formula is C23H21N2SSe. The van der Waals surface area contributed by atoms with E-state index in [1.807, 2.05) is 24.4 Å². The summed E-state index contributed by atoms with van der Waals surface area (Å²) < 4.78 is 0.401. The van der Waals surface area contributed by atoms with Crippen LogP contribution in [0.4, 0.5) is 11.4 Å². The second kappa shape index (κ2) is 9.61. The number of nitrogens with zero attached hydrogens (tertiary/aromatic N) is 1. The molecule has 1 unspecified atom stereocenters. The van der Waals surface area contributed by atoms with Gasteiger partial charge in [0.15, 0.2) is 0 Å². The number of benzene rings is 3. The summed E-state index contributed by atoms with van der Waals surface area (Å²) in [7, 11) is 0. The van der Waals surface area contributed by atoms with Crippen molar-refractivity contribution >= 4 is 45.4 Å². The van der Waals surface area contributed by atoms with Crippen LogP contribution in [0.2, 0.25) is 0 Å². The van der Waals surface area contributed by atoms with Crippen molar-refractivity contribution in [3.8, 4) is 11.1 Å². The molecule has 0 aliphatic heterocycles. The fraction of sp³-hybridized carbons (Fsp3) is 0.0870. The third kappa shape index (κ3) is 5.61. The fourth-order valence-electron chi connectivity index (χ4n) is 2.65. The van der Waals surface area contributed by atoms with E-state index in [4.69, 9.17) is 0 Å². The Kier molecular flexibility index (Phi) is 6.94. The van der Waals surface area contributed by atoms with E-state index in [2.05, 4.69) is 94.4 Å². The third-order valence-electron chi connectivity index (χ3n) is 3.89. The van der Waals surface area contributed by atoms with Gasteiger partial charge in [-0.1, -0.05) is 30.3 Å². The predicted molar refractivity (Wildman–Crippen MR) is 120 cm³/mol. The van der Waals surface area contributed by atoms with E-state index in [-0.39, 0.29) is 0 Å². The molecule has 3 rings (SSSR count). The Morgan fingerprint density at radius 2 is 1.70 bits per heavy atom. The average molecular weight is 436 g/mol. The van der Waals surface area contributed by atoms with Gasteiger partial charge in [0.05, 0.1) is 0 Å². The SMILES string of the molecule is C=CNc1cc(C=Nc2ccc(-c3ccccc3)cc2)ccc1SC(C)[Se]. The van der Waals surface area contributed by atoms with Crippen LogP contribution in [0.1, 0.15) is 12.5 Å². The van der Waals surface area contributed by atoms with Crippen LogP contribution in [0.3, 0.4) is 0 Å². The zero-order chi connectivity index (χ0) is 19.1. The molecule has 2 nitrogen and oxygen atoms in total. The van der Waals surface area contributed by atoms with E-state index >= 15 is 0 Å². The molecule has 0 spiro atoms. The van der Waals surface area contributed by atoms with Gasteiger partial charge in [-0.3, -0.25) is 0 Å². The minimum absolute atomic E-state index is 0.401. The molecule has 0 amide bonds. The molecule has 27 heavy (non-hydrogen) atoms. The molecule has 0 aliphatic carbocycles. The molecule has 1 radical (unpaired) electrons. The van der Waals surface area contributed by atoms with Crippen molar-refractivity contribution in [1.82, 2.24) is 0 Å². The Morgan fingerprint density at radius 3 is 2.37 bits per heavy atom. The summed E-state index contributed by atoms with van der Waals surface area (Å²) in [6.45, 7) is 5.91. The fourth-order valence-corrected chi connectivity index (χ4v) is 4.05. The van der Waals surface area contributed by atoms with Crippen LogP contribution in [0.25, 0.3) is 11.1 Å². The molecule has 135 valence electrons. The van der Waals surface area contributed by atoms with Crippen LogP contribution in [-0.4, -0.2) is 26.4 Å². The first-order chi connectivity index (χ1) is 13.2. The van der Waals surface area contributed by atoms with Gasteiger partial charge in [-0.05, 0) is 5.56 Å². The van der Waals surface area contributed by atoms with Gasteiger partial charge in [0.1, 0.15) is 0 Å². The van der Waals surface area contributed by atoms with Crippen molar-refractivity contribution in [3.63, 3.8) is 0 Å². The Labute approximate surface area is 173 Å². The quantitative estimate of drug-likeness (QED) is 0.268. The summed E-state index contributed by atoms with van der Waals surface area (Å²) in [4.78, 5) is 5.80. The van der Waals surface area contributed by atoms with Crippen LogP contribution in [0.5, 0.6) is 0 Å². The number of hydrogen-bond acceptors (Lipinski definition) is 3. The molecule has 1 atom stereocenters. The zero-order valence-electron chi connectivity index (χ0n) is 15.1. The van der Waals surface area contributed by atoms with E-state index in [1.54, 1.807) is 18.0 Å². The molecule has 4 heteroatoms. The van der Waals surface area contributed by atoms with E-state index in [0.717, 1.165) is 16.9 Å². The normalized spacial score (nSPS) is 12.1. The maximum absolute atomic E-state index is 4.61. The van der Waals surface area contributed by atoms with E-state index in [9.17, 15) is 0 Å². The number of anilines is 1. The zero-order valence-corrected chi connectivity index (χ0v) is 17.7. The van der Waals surface area contributed by atoms with Crippen molar-refractivity contribution in [2.45, 2.75) is 16.0 Å². The van der Waals surface area contributed by atoms with Crippen LogP contribution >= 0.6 is 11.8 Å². The predicted octanol–water partition coefficient (Wildman–Crippen LogP) is 6.27. The summed E-state index contributed by atoms with van der Waals surface area (Å²) >= 11 is 4.90. The van der Waals surface area contributed by atoms with E-state index < -0.39 is 0 Å². The van der Waals surface area contributed by atoms with Crippen molar-refractivity contribution in [1.29, 1.82) is 0 Å². The number of nitrogens with one attached hydrogen (secondary N) is 1. The second-order valence-electron chi connectivity index (χ2n) is 5.96. The van der Waals surface area contributed by atoms with Crippen molar-refractivity contribution in [3.05, 3.63) is 91.1 Å². The molecule has 0 bridgehead atoms. The molecule has 0 fully saturated rings. The van der Waals surface area contributed by atoms with Crippen LogP contribution in [0, 0.1) is 0 Å². The summed E-state index contributed by atoms with van der Waals surface area (Å²) in [6.07, 6.45) is 3.59. The first-order valence-electron chi connectivity index (χ1n) is 8.69. The molecule has 0 saturated carbocycles.